The van der Waals surface area contributed by atoms with Gasteiger partial charge in [0.05, 0.1) is 10.3 Å². The van der Waals surface area contributed by atoms with Gasteiger partial charge in [-0.15, -0.1) is 0 Å². The Kier molecular flexibility index (Phi) is 7.76. The summed E-state index contributed by atoms with van der Waals surface area (Å²) in [6.45, 7) is 2.72. The maximum Gasteiger partial charge on any atom is 0.316 e. The summed E-state index contributed by atoms with van der Waals surface area (Å²) in [7, 11) is -0.556. The van der Waals surface area contributed by atoms with Gasteiger partial charge in [-0.05, 0) is 42.7 Å². The molecule has 9 heteroatoms. The number of piperidine rings is 1. The molecule has 0 saturated carbocycles. The molecule has 0 aromatic heterocycles. The van der Waals surface area contributed by atoms with Gasteiger partial charge in [0.2, 0.25) is 15.9 Å². The highest BCUT2D eigenvalue weighted by molar-refractivity contribution is 7.89. The van der Waals surface area contributed by atoms with Crippen molar-refractivity contribution in [2.24, 2.45) is 0 Å². The SMILES string of the molecule is CC(=O)N1CCC(C(=O)OCCOc2ccc(S(=O)(=O)N(C)C)cc2)(c2ccccc2)CC1. The van der Waals surface area contributed by atoms with E-state index in [9.17, 15) is 18.0 Å². The van der Waals surface area contributed by atoms with E-state index in [0.717, 1.165) is 9.87 Å². The predicted molar refractivity (Wildman–Crippen MR) is 123 cm³/mol. The normalized spacial score (nSPS) is 15.8. The van der Waals surface area contributed by atoms with E-state index in [1.807, 2.05) is 30.3 Å². The number of sulfonamides is 1. The summed E-state index contributed by atoms with van der Waals surface area (Å²) in [5.41, 5.74) is 0.0897. The third-order valence-corrected chi connectivity index (χ3v) is 7.80. The minimum atomic E-state index is -3.50. The molecule has 0 atom stereocenters. The van der Waals surface area contributed by atoms with Crippen molar-refractivity contribution in [3.05, 3.63) is 60.2 Å². The summed E-state index contributed by atoms with van der Waals surface area (Å²) >= 11 is 0. The first-order chi connectivity index (χ1) is 15.7. The highest BCUT2D eigenvalue weighted by Crippen LogP contribution is 2.37. The Morgan fingerprint density at radius 3 is 2.12 bits per heavy atom. The van der Waals surface area contributed by atoms with Crippen LogP contribution in [0, 0.1) is 0 Å². The lowest BCUT2D eigenvalue weighted by molar-refractivity contribution is -0.155. The molecular formula is C24H30N2O6S. The first-order valence-electron chi connectivity index (χ1n) is 10.8. The second kappa shape index (κ2) is 10.4. The zero-order valence-corrected chi connectivity index (χ0v) is 20.0. The molecule has 2 aromatic carbocycles. The highest BCUT2D eigenvalue weighted by atomic mass is 32.2. The number of carbonyl (C=O) groups is 2. The molecule has 1 saturated heterocycles. The predicted octanol–water partition coefficient (Wildman–Crippen LogP) is 2.44. The zero-order chi connectivity index (χ0) is 24.1. The van der Waals surface area contributed by atoms with Crippen molar-refractivity contribution >= 4 is 21.9 Å². The molecular weight excluding hydrogens is 444 g/mol. The number of carbonyl (C=O) groups excluding carboxylic acids is 2. The fourth-order valence-electron chi connectivity index (χ4n) is 3.92. The molecule has 8 nitrogen and oxygen atoms in total. The van der Waals surface area contributed by atoms with Crippen LogP contribution in [-0.2, 0) is 29.8 Å². The lowest BCUT2D eigenvalue weighted by Crippen LogP contribution is -2.49. The van der Waals surface area contributed by atoms with Crippen molar-refractivity contribution in [3.8, 4) is 5.75 Å². The van der Waals surface area contributed by atoms with Crippen LogP contribution < -0.4 is 4.74 Å². The second-order valence-electron chi connectivity index (χ2n) is 8.20. The molecule has 1 amide bonds. The summed E-state index contributed by atoms with van der Waals surface area (Å²) in [6, 6.07) is 15.6. The fourth-order valence-corrected chi connectivity index (χ4v) is 4.82. The molecule has 0 aliphatic carbocycles. The standard InChI is InChI=1S/C24H30N2O6S/c1-19(27)26-15-13-24(14-16-26,20-7-5-4-6-8-20)23(28)32-18-17-31-21-9-11-22(12-10-21)33(29,30)25(2)3/h4-12H,13-18H2,1-3H3. The van der Waals surface area contributed by atoms with Crippen molar-refractivity contribution in [1.82, 2.24) is 9.21 Å². The molecule has 1 aliphatic rings. The van der Waals surface area contributed by atoms with Crippen LogP contribution in [0.25, 0.3) is 0 Å². The zero-order valence-electron chi connectivity index (χ0n) is 19.2. The van der Waals surface area contributed by atoms with Gasteiger partial charge in [0.15, 0.2) is 0 Å². The number of benzene rings is 2. The number of likely N-dealkylation sites (tertiary alicyclic amines) is 1. The van der Waals surface area contributed by atoms with E-state index < -0.39 is 15.4 Å². The van der Waals surface area contributed by atoms with Crippen LogP contribution in [-0.4, -0.2) is 69.9 Å². The molecule has 2 aromatic rings. The quantitative estimate of drug-likeness (QED) is 0.431. The van der Waals surface area contributed by atoms with E-state index >= 15 is 0 Å². The second-order valence-corrected chi connectivity index (χ2v) is 10.3. The molecule has 0 radical (unpaired) electrons. The molecule has 0 N–H and O–H groups in total. The van der Waals surface area contributed by atoms with Gasteiger partial charge >= 0.3 is 5.97 Å². The first kappa shape index (κ1) is 24.7. The van der Waals surface area contributed by atoms with Gasteiger partial charge in [-0.2, -0.15) is 0 Å². The molecule has 178 valence electrons. The lowest BCUT2D eigenvalue weighted by atomic mass is 9.72. The van der Waals surface area contributed by atoms with Gasteiger partial charge in [0.25, 0.3) is 0 Å². The number of esters is 1. The minimum absolute atomic E-state index is 0.00262. The van der Waals surface area contributed by atoms with E-state index in [0.29, 0.717) is 31.7 Å². The largest absolute Gasteiger partial charge is 0.490 e. The van der Waals surface area contributed by atoms with Gasteiger partial charge in [-0.1, -0.05) is 30.3 Å². The van der Waals surface area contributed by atoms with Gasteiger partial charge in [-0.3, -0.25) is 9.59 Å². The van der Waals surface area contributed by atoms with E-state index in [1.54, 1.807) is 17.0 Å². The number of nitrogens with zero attached hydrogens (tertiary/aromatic N) is 2. The van der Waals surface area contributed by atoms with Gasteiger partial charge in [-0.25, -0.2) is 12.7 Å². The molecule has 0 bridgehead atoms. The Hall–Kier alpha value is -2.91. The molecule has 0 spiro atoms. The summed E-state index contributed by atoms with van der Waals surface area (Å²) in [4.78, 5) is 26.8. The van der Waals surface area contributed by atoms with Gasteiger partial charge in [0, 0.05) is 34.1 Å². The Morgan fingerprint density at radius 2 is 1.58 bits per heavy atom. The van der Waals surface area contributed by atoms with Crippen LogP contribution in [0.5, 0.6) is 5.75 Å². The van der Waals surface area contributed by atoms with Gasteiger partial charge in [0.1, 0.15) is 19.0 Å². The third-order valence-electron chi connectivity index (χ3n) is 5.97. The molecule has 1 fully saturated rings. The van der Waals surface area contributed by atoms with Gasteiger partial charge < -0.3 is 14.4 Å². The van der Waals surface area contributed by atoms with Crippen molar-refractivity contribution < 1.29 is 27.5 Å². The average molecular weight is 475 g/mol. The molecule has 3 rings (SSSR count). The summed E-state index contributed by atoms with van der Waals surface area (Å²) in [5.74, 6) is 0.159. The summed E-state index contributed by atoms with van der Waals surface area (Å²) in [5, 5.41) is 0. The summed E-state index contributed by atoms with van der Waals surface area (Å²) in [6.07, 6.45) is 0.996. The van der Waals surface area contributed by atoms with E-state index in [4.69, 9.17) is 9.47 Å². The van der Waals surface area contributed by atoms with Crippen molar-refractivity contribution in [1.29, 1.82) is 0 Å². The van der Waals surface area contributed by atoms with Crippen molar-refractivity contribution in [2.45, 2.75) is 30.1 Å². The number of hydrogen-bond acceptors (Lipinski definition) is 6. The molecule has 0 unspecified atom stereocenters. The Balaban J connectivity index is 1.60. The van der Waals surface area contributed by atoms with Crippen molar-refractivity contribution in [3.63, 3.8) is 0 Å². The molecule has 1 heterocycles. The Morgan fingerprint density at radius 1 is 0.970 bits per heavy atom. The number of rotatable bonds is 8. The highest BCUT2D eigenvalue weighted by Gasteiger charge is 2.44. The van der Waals surface area contributed by atoms with Crippen LogP contribution in [0.1, 0.15) is 25.3 Å². The van der Waals surface area contributed by atoms with Crippen LogP contribution in [0.15, 0.2) is 59.5 Å². The van der Waals surface area contributed by atoms with E-state index in [2.05, 4.69) is 0 Å². The maximum absolute atomic E-state index is 13.2. The fraction of sp³-hybridized carbons (Fsp3) is 0.417. The smallest absolute Gasteiger partial charge is 0.316 e. The van der Waals surface area contributed by atoms with Crippen LogP contribution in [0.2, 0.25) is 0 Å². The van der Waals surface area contributed by atoms with E-state index in [1.165, 1.54) is 33.2 Å². The summed E-state index contributed by atoms with van der Waals surface area (Å²) < 4.78 is 36.6. The number of hydrogen-bond donors (Lipinski definition) is 0. The Labute approximate surface area is 195 Å². The van der Waals surface area contributed by atoms with E-state index in [-0.39, 0.29) is 30.0 Å². The average Bonchev–Trinajstić information content (AvgIpc) is 2.82. The third kappa shape index (κ3) is 5.54. The Bertz CT molecular complexity index is 1060. The first-order valence-corrected chi connectivity index (χ1v) is 12.2. The monoisotopic (exact) mass is 474 g/mol. The molecule has 33 heavy (non-hydrogen) atoms. The van der Waals surface area contributed by atoms with Crippen molar-refractivity contribution in [2.75, 3.05) is 40.4 Å². The number of ether oxygens (including phenoxy) is 2. The lowest BCUT2D eigenvalue weighted by Gasteiger charge is -2.40. The van der Waals surface area contributed by atoms with Crippen LogP contribution in [0.3, 0.4) is 0 Å². The molecule has 1 aliphatic heterocycles. The minimum Gasteiger partial charge on any atom is -0.490 e. The van der Waals surface area contributed by atoms with Crippen LogP contribution in [0.4, 0.5) is 0 Å². The topological polar surface area (TPSA) is 93.2 Å². The number of amides is 1. The van der Waals surface area contributed by atoms with Crippen LogP contribution >= 0.6 is 0 Å². The maximum atomic E-state index is 13.2.